The van der Waals surface area contributed by atoms with Gasteiger partial charge in [0.1, 0.15) is 0 Å². The Labute approximate surface area is 121 Å². The van der Waals surface area contributed by atoms with Crippen molar-refractivity contribution < 1.29 is 9.84 Å². The molecule has 0 bridgehead atoms. The molecule has 3 nitrogen and oxygen atoms in total. The van der Waals surface area contributed by atoms with Gasteiger partial charge < -0.3 is 15.2 Å². The molecule has 19 heavy (non-hydrogen) atoms. The molecule has 1 rings (SSSR count). The number of nitrogens with one attached hydrogen (secondary N) is 1. The largest absolute Gasteiger partial charge is 0.361 e. The van der Waals surface area contributed by atoms with Crippen LogP contribution in [-0.2, 0) is 4.74 Å². The Morgan fingerprint density at radius 2 is 2.21 bits per heavy atom. The number of halogens is 1. The first kappa shape index (κ1) is 16.7. The lowest BCUT2D eigenvalue weighted by Crippen LogP contribution is -2.66. The number of allylic oxidation sites excluding steroid dienone is 2. The molecule has 1 heterocycles. The molecule has 0 saturated carbocycles. The van der Waals surface area contributed by atoms with E-state index in [4.69, 9.17) is 16.3 Å². The van der Waals surface area contributed by atoms with Crippen LogP contribution in [0.4, 0.5) is 0 Å². The Kier molecular flexibility index (Phi) is 5.24. The average Bonchev–Trinajstić information content (AvgIpc) is 2.31. The van der Waals surface area contributed by atoms with E-state index in [0.717, 1.165) is 12.0 Å². The first-order chi connectivity index (χ1) is 8.64. The van der Waals surface area contributed by atoms with Crippen LogP contribution in [-0.4, -0.2) is 29.1 Å². The molecular formula is C15H26ClNO2. The zero-order valence-electron chi connectivity index (χ0n) is 12.6. The van der Waals surface area contributed by atoms with Crippen molar-refractivity contribution in [2.45, 2.75) is 58.4 Å². The number of aliphatic hydroxyl groups is 1. The molecule has 0 amide bonds. The fraction of sp³-hybridized carbons (Fsp3) is 0.733. The minimum Gasteiger partial charge on any atom is -0.361 e. The van der Waals surface area contributed by atoms with E-state index in [-0.39, 0.29) is 17.5 Å². The Morgan fingerprint density at radius 1 is 1.63 bits per heavy atom. The van der Waals surface area contributed by atoms with Crippen LogP contribution in [0.2, 0.25) is 0 Å². The zero-order chi connectivity index (χ0) is 14.8. The van der Waals surface area contributed by atoms with E-state index >= 15 is 0 Å². The van der Waals surface area contributed by atoms with E-state index in [0.29, 0.717) is 11.6 Å². The summed E-state index contributed by atoms with van der Waals surface area (Å²) in [7, 11) is 0. The SMILES string of the molecule is C=C(Cl)/C=C(\C(C)C)[C@]1(O)OCC(C)(CC)N[C@H]1C. The molecule has 0 aromatic rings. The maximum Gasteiger partial charge on any atom is 0.204 e. The Hall–Kier alpha value is -0.350. The molecule has 1 aliphatic rings. The van der Waals surface area contributed by atoms with Gasteiger partial charge in [0.2, 0.25) is 5.79 Å². The highest BCUT2D eigenvalue weighted by Crippen LogP contribution is 2.35. The lowest BCUT2D eigenvalue weighted by Gasteiger charge is -2.49. The van der Waals surface area contributed by atoms with Gasteiger partial charge >= 0.3 is 0 Å². The maximum absolute atomic E-state index is 10.9. The van der Waals surface area contributed by atoms with Gasteiger partial charge in [-0.1, -0.05) is 39.0 Å². The fourth-order valence-corrected chi connectivity index (χ4v) is 2.56. The molecular weight excluding hydrogens is 262 g/mol. The van der Waals surface area contributed by atoms with Gasteiger partial charge in [-0.3, -0.25) is 0 Å². The van der Waals surface area contributed by atoms with Gasteiger partial charge in [-0.2, -0.15) is 0 Å². The van der Waals surface area contributed by atoms with Crippen molar-refractivity contribution in [3.05, 3.63) is 23.3 Å². The minimum absolute atomic E-state index is 0.105. The van der Waals surface area contributed by atoms with Gasteiger partial charge in [0.05, 0.1) is 12.6 Å². The topological polar surface area (TPSA) is 41.5 Å². The van der Waals surface area contributed by atoms with Crippen molar-refractivity contribution in [3.8, 4) is 0 Å². The molecule has 2 N–H and O–H groups in total. The second-order valence-corrected chi connectivity index (χ2v) is 6.45. The fourth-order valence-electron chi connectivity index (χ4n) is 2.45. The third-order valence-corrected chi connectivity index (χ3v) is 4.00. The summed E-state index contributed by atoms with van der Waals surface area (Å²) in [5, 5.41) is 14.7. The molecule has 1 fully saturated rings. The predicted molar refractivity (Wildman–Crippen MR) is 80.1 cm³/mol. The third-order valence-electron chi connectivity index (χ3n) is 3.89. The second-order valence-electron chi connectivity index (χ2n) is 5.97. The number of morpholine rings is 1. The predicted octanol–water partition coefficient (Wildman–Crippen LogP) is 3.19. The lowest BCUT2D eigenvalue weighted by molar-refractivity contribution is -0.234. The summed E-state index contributed by atoms with van der Waals surface area (Å²) in [4.78, 5) is 0. The molecule has 0 aromatic carbocycles. The van der Waals surface area contributed by atoms with Crippen molar-refractivity contribution in [1.82, 2.24) is 5.32 Å². The van der Waals surface area contributed by atoms with E-state index in [1.807, 2.05) is 20.8 Å². The van der Waals surface area contributed by atoms with Crippen LogP contribution >= 0.6 is 11.6 Å². The molecule has 4 heteroatoms. The highest BCUT2D eigenvalue weighted by Gasteiger charge is 2.47. The van der Waals surface area contributed by atoms with Crippen LogP contribution < -0.4 is 5.32 Å². The van der Waals surface area contributed by atoms with Crippen LogP contribution in [0.25, 0.3) is 0 Å². The normalized spacial score (nSPS) is 36.6. The van der Waals surface area contributed by atoms with Crippen molar-refractivity contribution in [2.24, 2.45) is 5.92 Å². The Bertz CT molecular complexity index is 380. The van der Waals surface area contributed by atoms with E-state index in [1.54, 1.807) is 6.08 Å². The van der Waals surface area contributed by atoms with Crippen LogP contribution in [0.3, 0.4) is 0 Å². The van der Waals surface area contributed by atoms with Gasteiger partial charge in [-0.05, 0) is 37.8 Å². The smallest absolute Gasteiger partial charge is 0.204 e. The standard InChI is InChI=1S/C15H26ClNO2/c1-7-14(6)9-19-15(18,12(5)17-14)13(10(2)3)8-11(4)16/h8,10,12,17-18H,4,7,9H2,1-3,5-6H3/b13-8+/t12-,14?,15+/m0/s1. The van der Waals surface area contributed by atoms with Gasteiger partial charge in [-0.25, -0.2) is 0 Å². The van der Waals surface area contributed by atoms with E-state index < -0.39 is 5.79 Å². The van der Waals surface area contributed by atoms with Crippen LogP contribution in [0.5, 0.6) is 0 Å². The van der Waals surface area contributed by atoms with E-state index in [1.165, 1.54) is 0 Å². The molecule has 0 spiro atoms. The highest BCUT2D eigenvalue weighted by molar-refractivity contribution is 6.30. The van der Waals surface area contributed by atoms with Crippen molar-refractivity contribution in [3.63, 3.8) is 0 Å². The van der Waals surface area contributed by atoms with Crippen molar-refractivity contribution >= 4 is 11.6 Å². The van der Waals surface area contributed by atoms with E-state index in [2.05, 4.69) is 25.7 Å². The Balaban J connectivity index is 3.07. The van der Waals surface area contributed by atoms with Crippen molar-refractivity contribution in [2.75, 3.05) is 6.61 Å². The number of rotatable bonds is 4. The summed E-state index contributed by atoms with van der Waals surface area (Å²) in [5.74, 6) is -1.21. The summed E-state index contributed by atoms with van der Waals surface area (Å²) in [6, 6.07) is -0.212. The van der Waals surface area contributed by atoms with Gasteiger partial charge in [-0.15, -0.1) is 0 Å². The minimum atomic E-state index is -1.33. The first-order valence-corrected chi connectivity index (χ1v) is 7.23. The second kappa shape index (κ2) is 5.96. The molecule has 1 aliphatic heterocycles. The lowest BCUT2D eigenvalue weighted by atomic mass is 9.85. The summed E-state index contributed by atoms with van der Waals surface area (Å²) < 4.78 is 5.83. The monoisotopic (exact) mass is 287 g/mol. The molecule has 0 radical (unpaired) electrons. The van der Waals surface area contributed by atoms with Gasteiger partial charge in [0.25, 0.3) is 0 Å². The number of hydrogen-bond acceptors (Lipinski definition) is 3. The molecule has 3 atom stereocenters. The molecule has 1 unspecified atom stereocenters. The van der Waals surface area contributed by atoms with Gasteiger partial charge in [0.15, 0.2) is 0 Å². The van der Waals surface area contributed by atoms with E-state index in [9.17, 15) is 5.11 Å². The van der Waals surface area contributed by atoms with Crippen molar-refractivity contribution in [1.29, 1.82) is 0 Å². The molecule has 110 valence electrons. The van der Waals surface area contributed by atoms with Crippen LogP contribution in [0.1, 0.15) is 41.0 Å². The molecule has 1 saturated heterocycles. The summed E-state index contributed by atoms with van der Waals surface area (Å²) >= 11 is 5.87. The summed E-state index contributed by atoms with van der Waals surface area (Å²) in [6.45, 7) is 14.3. The van der Waals surface area contributed by atoms with Crippen LogP contribution in [0.15, 0.2) is 23.3 Å². The third kappa shape index (κ3) is 3.60. The quantitative estimate of drug-likeness (QED) is 0.780. The molecule has 0 aromatic heterocycles. The first-order valence-electron chi connectivity index (χ1n) is 6.85. The summed E-state index contributed by atoms with van der Waals surface area (Å²) in [5.41, 5.74) is 0.650. The summed E-state index contributed by atoms with van der Waals surface area (Å²) in [6.07, 6.45) is 2.65. The molecule has 0 aliphatic carbocycles. The average molecular weight is 288 g/mol. The zero-order valence-corrected chi connectivity index (χ0v) is 13.3. The Morgan fingerprint density at radius 3 is 2.58 bits per heavy atom. The van der Waals surface area contributed by atoms with Crippen LogP contribution in [0, 0.1) is 5.92 Å². The van der Waals surface area contributed by atoms with Gasteiger partial charge in [0, 0.05) is 10.6 Å². The highest BCUT2D eigenvalue weighted by atomic mass is 35.5. The number of ether oxygens (including phenoxy) is 1. The number of hydrogen-bond donors (Lipinski definition) is 2. The maximum atomic E-state index is 10.9.